The second-order valence-corrected chi connectivity index (χ2v) is 6.31. The minimum absolute atomic E-state index is 0.112. The molecule has 8 nitrogen and oxygen atoms in total. The zero-order valence-electron chi connectivity index (χ0n) is 10.5. The van der Waals surface area contributed by atoms with Crippen molar-refractivity contribution in [1.82, 2.24) is 9.55 Å². The summed E-state index contributed by atoms with van der Waals surface area (Å²) in [5, 5.41) is 7.37. The number of nitrogens with zero attached hydrogens (tertiary/aromatic N) is 2. The summed E-state index contributed by atoms with van der Waals surface area (Å²) >= 11 is 16.4. The van der Waals surface area contributed by atoms with Crippen LogP contribution < -0.4 is 11.4 Å². The Morgan fingerprint density at radius 3 is 2.95 bits per heavy atom. The van der Waals surface area contributed by atoms with Gasteiger partial charge < -0.3 is 19.9 Å². The van der Waals surface area contributed by atoms with Gasteiger partial charge in [-0.05, 0) is 6.07 Å². The molecule has 3 N–H and O–H groups in total. The summed E-state index contributed by atoms with van der Waals surface area (Å²) in [5.41, 5.74) is 4.84. The Kier molecular flexibility index (Phi) is 4.95. The third-order valence-electron chi connectivity index (χ3n) is 2.52. The van der Waals surface area contributed by atoms with Gasteiger partial charge in [-0.2, -0.15) is 4.98 Å². The number of hydrogen-bond donors (Lipinski definition) is 2. The summed E-state index contributed by atoms with van der Waals surface area (Å²) < 4.78 is 14.9. The summed E-state index contributed by atoms with van der Waals surface area (Å²) in [5.74, 6) is -0.430. The smallest absolute Gasteiger partial charge is 0.351 e. The molecule has 0 aromatic carbocycles. The van der Waals surface area contributed by atoms with E-state index in [4.69, 9.17) is 60.2 Å². The highest BCUT2D eigenvalue weighted by Gasteiger charge is 2.32. The van der Waals surface area contributed by atoms with E-state index in [0.29, 0.717) is 0 Å². The Labute approximate surface area is 134 Å². The normalized spacial score (nSPS) is 22.2. The molecule has 1 saturated heterocycles. The zero-order chi connectivity index (χ0) is 15.6. The highest BCUT2D eigenvalue weighted by atomic mass is 35.6. The van der Waals surface area contributed by atoms with Gasteiger partial charge in [0.15, 0.2) is 12.5 Å². The van der Waals surface area contributed by atoms with Crippen LogP contribution in [0.5, 0.6) is 0 Å². The number of nitrogen functional groups attached to an aromatic ring is 1. The van der Waals surface area contributed by atoms with Crippen molar-refractivity contribution in [1.29, 1.82) is 5.41 Å². The van der Waals surface area contributed by atoms with E-state index in [1.165, 1.54) is 16.8 Å². The second-order valence-electron chi connectivity index (χ2n) is 4.03. The average molecular weight is 358 g/mol. The molecule has 1 aliphatic heterocycles. The van der Waals surface area contributed by atoms with E-state index < -0.39 is 27.9 Å². The molecule has 2 rings (SSSR count). The Morgan fingerprint density at radius 2 is 2.33 bits per heavy atom. The van der Waals surface area contributed by atoms with Crippen LogP contribution >= 0.6 is 34.8 Å². The van der Waals surface area contributed by atoms with Gasteiger partial charge in [0.2, 0.25) is 5.90 Å². The van der Waals surface area contributed by atoms with E-state index in [2.05, 4.69) is 4.98 Å². The Balaban J connectivity index is 1.92. The molecule has 1 aromatic rings. The van der Waals surface area contributed by atoms with E-state index in [0.717, 1.165) is 0 Å². The first-order chi connectivity index (χ1) is 9.77. The van der Waals surface area contributed by atoms with Crippen molar-refractivity contribution in [3.63, 3.8) is 0 Å². The lowest BCUT2D eigenvalue weighted by Crippen LogP contribution is -2.29. The molecule has 1 fully saturated rings. The van der Waals surface area contributed by atoms with Crippen LogP contribution in [0.15, 0.2) is 17.1 Å². The average Bonchev–Trinajstić information content (AvgIpc) is 2.83. The molecule has 2 atom stereocenters. The molecular weight excluding hydrogens is 346 g/mol. The highest BCUT2D eigenvalue weighted by Crippen LogP contribution is 2.28. The molecule has 0 amide bonds. The van der Waals surface area contributed by atoms with Crippen molar-refractivity contribution in [2.24, 2.45) is 0 Å². The van der Waals surface area contributed by atoms with Gasteiger partial charge in [-0.1, -0.05) is 34.8 Å². The first-order valence-corrected chi connectivity index (χ1v) is 6.81. The first-order valence-electron chi connectivity index (χ1n) is 5.67. The number of rotatable bonds is 3. The highest BCUT2D eigenvalue weighted by molar-refractivity contribution is 6.76. The van der Waals surface area contributed by atoms with Gasteiger partial charge in [0.1, 0.15) is 12.4 Å². The van der Waals surface area contributed by atoms with E-state index >= 15 is 0 Å². The molecule has 0 spiro atoms. The van der Waals surface area contributed by atoms with E-state index in [-0.39, 0.29) is 19.0 Å². The zero-order valence-corrected chi connectivity index (χ0v) is 12.7. The Hall–Kier alpha value is -1.06. The van der Waals surface area contributed by atoms with Crippen molar-refractivity contribution in [3.05, 3.63) is 22.7 Å². The number of nitrogens with one attached hydrogen (secondary N) is 1. The molecule has 116 valence electrons. The number of alkyl halides is 3. The fourth-order valence-corrected chi connectivity index (χ4v) is 1.72. The molecule has 21 heavy (non-hydrogen) atoms. The fourth-order valence-electron chi connectivity index (χ4n) is 1.55. The van der Waals surface area contributed by atoms with Gasteiger partial charge in [-0.3, -0.25) is 9.98 Å². The molecular formula is C10H11Cl3N4O4. The van der Waals surface area contributed by atoms with Crippen molar-refractivity contribution in [3.8, 4) is 0 Å². The van der Waals surface area contributed by atoms with E-state index in [1.807, 2.05) is 0 Å². The summed E-state index contributed by atoms with van der Waals surface area (Å²) in [6.07, 6.45) is -0.0148. The largest absolute Gasteiger partial charge is 0.473 e. The van der Waals surface area contributed by atoms with Gasteiger partial charge in [-0.25, -0.2) is 4.79 Å². The van der Waals surface area contributed by atoms with Gasteiger partial charge >= 0.3 is 5.69 Å². The molecule has 0 radical (unpaired) electrons. The van der Waals surface area contributed by atoms with E-state index in [1.54, 1.807) is 0 Å². The molecule has 0 aliphatic carbocycles. The first kappa shape index (κ1) is 16.3. The van der Waals surface area contributed by atoms with Crippen LogP contribution in [0.2, 0.25) is 0 Å². The van der Waals surface area contributed by atoms with Crippen LogP contribution in [0, 0.1) is 5.41 Å². The minimum Gasteiger partial charge on any atom is -0.473 e. The number of ether oxygens (including phenoxy) is 3. The van der Waals surface area contributed by atoms with Crippen LogP contribution in [-0.4, -0.2) is 38.7 Å². The SMILES string of the molecule is N=C(OC[C@H]1OC[C@@H](n2ccc(N)nc2=O)O1)C(Cl)(Cl)Cl. The number of anilines is 1. The fraction of sp³-hybridized carbons (Fsp3) is 0.500. The van der Waals surface area contributed by atoms with Crippen LogP contribution in [0.25, 0.3) is 0 Å². The maximum atomic E-state index is 11.6. The molecule has 0 bridgehead atoms. The summed E-state index contributed by atoms with van der Waals surface area (Å²) in [4.78, 5) is 15.2. The molecule has 2 heterocycles. The standard InChI is InChI=1S/C10H11Cl3N4O4/c11-10(12,13)8(15)20-4-7-19-3-6(21-7)17-2-1-5(14)16-9(17)18/h1-2,6-7,15H,3-4H2,(H2,14,16,18)/t6-,7-/m0/s1. The number of nitrogens with two attached hydrogens (primary N) is 1. The lowest BCUT2D eigenvalue weighted by atomic mass is 10.5. The van der Waals surface area contributed by atoms with Gasteiger partial charge in [-0.15, -0.1) is 0 Å². The number of halogens is 3. The summed E-state index contributed by atoms with van der Waals surface area (Å²) in [6.45, 7) is -0.0406. The minimum atomic E-state index is -1.95. The quantitative estimate of drug-likeness (QED) is 0.475. The lowest BCUT2D eigenvalue weighted by molar-refractivity contribution is -0.0966. The van der Waals surface area contributed by atoms with Crippen LogP contribution in [-0.2, 0) is 14.2 Å². The second kappa shape index (κ2) is 6.37. The number of aromatic nitrogens is 2. The summed E-state index contributed by atoms with van der Waals surface area (Å²) in [6, 6.07) is 1.47. The number of hydrogen-bond acceptors (Lipinski definition) is 7. The Bertz CT molecular complexity index is 588. The van der Waals surface area contributed by atoms with Gasteiger partial charge in [0.25, 0.3) is 3.79 Å². The van der Waals surface area contributed by atoms with E-state index in [9.17, 15) is 4.79 Å². The Morgan fingerprint density at radius 1 is 1.62 bits per heavy atom. The van der Waals surface area contributed by atoms with Crippen molar-refractivity contribution >= 4 is 46.5 Å². The molecule has 0 unspecified atom stereocenters. The molecule has 0 saturated carbocycles. The van der Waals surface area contributed by atoms with Crippen LogP contribution in [0.3, 0.4) is 0 Å². The molecule has 11 heteroatoms. The predicted molar refractivity (Wildman–Crippen MR) is 76.7 cm³/mol. The predicted octanol–water partition coefficient (Wildman–Crippen LogP) is 1.06. The van der Waals surface area contributed by atoms with Crippen LogP contribution in [0.1, 0.15) is 6.23 Å². The lowest BCUT2D eigenvalue weighted by Gasteiger charge is -2.16. The topological polar surface area (TPSA) is 112 Å². The molecule has 1 aromatic heterocycles. The van der Waals surface area contributed by atoms with Crippen molar-refractivity contribution < 1.29 is 14.2 Å². The third kappa shape index (κ3) is 4.21. The maximum Gasteiger partial charge on any atom is 0.351 e. The van der Waals surface area contributed by atoms with Gasteiger partial charge in [0, 0.05) is 6.20 Å². The molecule has 1 aliphatic rings. The van der Waals surface area contributed by atoms with Crippen molar-refractivity contribution in [2.45, 2.75) is 16.3 Å². The van der Waals surface area contributed by atoms with Crippen molar-refractivity contribution in [2.75, 3.05) is 18.9 Å². The third-order valence-corrected chi connectivity index (χ3v) is 3.03. The van der Waals surface area contributed by atoms with Crippen LogP contribution in [0.4, 0.5) is 5.82 Å². The summed E-state index contributed by atoms with van der Waals surface area (Å²) in [7, 11) is 0. The maximum absolute atomic E-state index is 11.6. The monoisotopic (exact) mass is 356 g/mol. The van der Waals surface area contributed by atoms with Gasteiger partial charge in [0.05, 0.1) is 6.61 Å².